The molecule has 2 saturated heterocycles. The van der Waals surface area contributed by atoms with Gasteiger partial charge in [-0.15, -0.1) is 5.06 Å². The summed E-state index contributed by atoms with van der Waals surface area (Å²) in [6, 6.07) is -0.603. The largest absolute Gasteiger partial charge is 0.492 e. The van der Waals surface area contributed by atoms with Gasteiger partial charge < -0.3 is 9.57 Å². The van der Waals surface area contributed by atoms with Crippen molar-refractivity contribution in [3.05, 3.63) is 0 Å². The molecule has 134 valence electrons. The van der Waals surface area contributed by atoms with Gasteiger partial charge in [0.05, 0.1) is 13.2 Å². The van der Waals surface area contributed by atoms with Crippen LogP contribution in [0.2, 0.25) is 0 Å². The number of nitrogens with zero attached hydrogens (tertiary/aromatic N) is 2. The Kier molecular flexibility index (Phi) is 5.47. The molecule has 2 rings (SSSR count). The standard InChI is InChI=1S/C13H19F5N2O3/c1-22-7-10-6-12(14,15)8-20(10)9-2-4-19(5-3-9)23-11(21)13(16,17)18/h9-10H,2-8H2,1H3/t10-/m1/s1. The molecule has 0 unspecified atom stereocenters. The number of halogens is 5. The van der Waals surface area contributed by atoms with Crippen molar-refractivity contribution in [2.24, 2.45) is 0 Å². The summed E-state index contributed by atoms with van der Waals surface area (Å²) in [5.74, 6) is -5.05. The number of likely N-dealkylation sites (tertiary alicyclic amines) is 1. The van der Waals surface area contributed by atoms with Gasteiger partial charge in [-0.3, -0.25) is 4.90 Å². The SMILES string of the molecule is COC[C@H]1CC(F)(F)CN1C1CCN(OC(=O)C(F)(F)F)CC1. The monoisotopic (exact) mass is 346 g/mol. The second-order valence-electron chi connectivity index (χ2n) is 5.88. The molecule has 2 fully saturated rings. The molecule has 0 aromatic heterocycles. The first-order valence-electron chi connectivity index (χ1n) is 7.29. The quantitative estimate of drug-likeness (QED) is 0.727. The summed E-state index contributed by atoms with van der Waals surface area (Å²) in [7, 11) is 1.44. The van der Waals surface area contributed by atoms with E-state index in [1.807, 2.05) is 0 Å². The lowest BCUT2D eigenvalue weighted by molar-refractivity contribution is -0.242. The van der Waals surface area contributed by atoms with Crippen molar-refractivity contribution in [1.29, 1.82) is 0 Å². The summed E-state index contributed by atoms with van der Waals surface area (Å²) in [6.07, 6.45) is -4.63. The molecule has 0 aliphatic carbocycles. The zero-order valence-electron chi connectivity index (χ0n) is 12.6. The van der Waals surface area contributed by atoms with Gasteiger partial charge in [-0.1, -0.05) is 0 Å². The van der Waals surface area contributed by atoms with Gasteiger partial charge >= 0.3 is 12.1 Å². The van der Waals surface area contributed by atoms with Crippen molar-refractivity contribution in [1.82, 2.24) is 9.96 Å². The molecule has 0 aromatic rings. The first-order chi connectivity index (χ1) is 10.6. The Hall–Kier alpha value is -1.00. The lowest BCUT2D eigenvalue weighted by Gasteiger charge is -2.38. The topological polar surface area (TPSA) is 42.0 Å². The maximum absolute atomic E-state index is 13.6. The Morgan fingerprint density at radius 3 is 2.39 bits per heavy atom. The Morgan fingerprint density at radius 1 is 1.26 bits per heavy atom. The Morgan fingerprint density at radius 2 is 1.87 bits per heavy atom. The molecule has 0 spiro atoms. The molecule has 1 atom stereocenters. The van der Waals surface area contributed by atoms with Crippen LogP contribution in [0.1, 0.15) is 19.3 Å². The minimum atomic E-state index is -5.04. The molecule has 0 N–H and O–H groups in total. The predicted octanol–water partition coefficient (Wildman–Crippen LogP) is 1.83. The fourth-order valence-electron chi connectivity index (χ4n) is 3.13. The highest BCUT2D eigenvalue weighted by molar-refractivity contribution is 5.75. The summed E-state index contributed by atoms with van der Waals surface area (Å²) >= 11 is 0. The molecule has 0 amide bonds. The smallest absolute Gasteiger partial charge is 0.383 e. The maximum atomic E-state index is 13.6. The number of alkyl halides is 5. The zero-order valence-corrected chi connectivity index (χ0v) is 12.6. The molecule has 2 aliphatic rings. The van der Waals surface area contributed by atoms with Crippen LogP contribution in [0, 0.1) is 0 Å². The number of rotatable bonds is 4. The number of carbonyl (C=O) groups is 1. The minimum absolute atomic E-state index is 0.0776. The molecule has 2 heterocycles. The van der Waals surface area contributed by atoms with Crippen molar-refractivity contribution < 1.29 is 36.3 Å². The van der Waals surface area contributed by atoms with Crippen LogP contribution in [0.4, 0.5) is 22.0 Å². The van der Waals surface area contributed by atoms with Crippen LogP contribution in [0.15, 0.2) is 0 Å². The Bertz CT molecular complexity index is 424. The fourth-order valence-corrected chi connectivity index (χ4v) is 3.13. The number of hydrogen-bond acceptors (Lipinski definition) is 5. The summed E-state index contributed by atoms with van der Waals surface area (Å²) in [5.41, 5.74) is 0. The summed E-state index contributed by atoms with van der Waals surface area (Å²) in [5, 5.41) is 0.936. The van der Waals surface area contributed by atoms with E-state index < -0.39 is 24.1 Å². The molecule has 0 aromatic carbocycles. The molecule has 2 aliphatic heterocycles. The third-order valence-electron chi connectivity index (χ3n) is 4.11. The normalized spacial score (nSPS) is 27.3. The van der Waals surface area contributed by atoms with E-state index in [-0.39, 0.29) is 38.7 Å². The third kappa shape index (κ3) is 4.74. The molecule has 0 bridgehead atoms. The molecule has 10 heteroatoms. The van der Waals surface area contributed by atoms with Crippen molar-refractivity contribution in [2.45, 2.75) is 43.4 Å². The molecule has 0 radical (unpaired) electrons. The average Bonchev–Trinajstić information content (AvgIpc) is 2.74. The van der Waals surface area contributed by atoms with Gasteiger partial charge in [0.2, 0.25) is 0 Å². The summed E-state index contributed by atoms with van der Waals surface area (Å²) in [4.78, 5) is 16.7. The van der Waals surface area contributed by atoms with E-state index in [2.05, 4.69) is 4.84 Å². The number of hydrogen-bond donors (Lipinski definition) is 0. The first kappa shape index (κ1) is 18.3. The fraction of sp³-hybridized carbons (Fsp3) is 0.923. The van der Waals surface area contributed by atoms with E-state index >= 15 is 0 Å². The van der Waals surface area contributed by atoms with E-state index in [1.54, 1.807) is 4.90 Å². The Balaban J connectivity index is 1.87. The van der Waals surface area contributed by atoms with Crippen LogP contribution in [0.5, 0.6) is 0 Å². The van der Waals surface area contributed by atoms with Crippen LogP contribution in [-0.2, 0) is 14.4 Å². The first-order valence-corrected chi connectivity index (χ1v) is 7.29. The maximum Gasteiger partial charge on any atom is 0.492 e. The highest BCUT2D eigenvalue weighted by Crippen LogP contribution is 2.35. The van der Waals surface area contributed by atoms with Crippen molar-refractivity contribution in [2.75, 3.05) is 33.4 Å². The van der Waals surface area contributed by atoms with Gasteiger partial charge in [0.25, 0.3) is 5.92 Å². The van der Waals surface area contributed by atoms with Gasteiger partial charge in [-0.2, -0.15) is 13.2 Å². The van der Waals surface area contributed by atoms with Crippen LogP contribution >= 0.6 is 0 Å². The molecular formula is C13H19F5N2O3. The van der Waals surface area contributed by atoms with Gasteiger partial charge in [-0.05, 0) is 12.8 Å². The van der Waals surface area contributed by atoms with Gasteiger partial charge in [0.15, 0.2) is 0 Å². The summed E-state index contributed by atoms with van der Waals surface area (Å²) < 4.78 is 68.6. The highest BCUT2D eigenvalue weighted by Gasteiger charge is 2.48. The van der Waals surface area contributed by atoms with Crippen LogP contribution in [0.25, 0.3) is 0 Å². The second kappa shape index (κ2) is 6.86. The van der Waals surface area contributed by atoms with Gasteiger partial charge in [-0.25, -0.2) is 13.6 Å². The average molecular weight is 346 g/mol. The van der Waals surface area contributed by atoms with E-state index in [0.717, 1.165) is 5.06 Å². The molecule has 5 nitrogen and oxygen atoms in total. The molecular weight excluding hydrogens is 327 g/mol. The lowest BCUT2D eigenvalue weighted by Crippen LogP contribution is -2.49. The van der Waals surface area contributed by atoms with Gasteiger partial charge in [0, 0.05) is 38.7 Å². The highest BCUT2D eigenvalue weighted by atomic mass is 19.4. The Labute approximate surface area is 130 Å². The van der Waals surface area contributed by atoms with Crippen molar-refractivity contribution >= 4 is 5.97 Å². The minimum Gasteiger partial charge on any atom is -0.383 e. The van der Waals surface area contributed by atoms with E-state index in [4.69, 9.17) is 4.74 Å². The number of ether oxygens (including phenoxy) is 1. The van der Waals surface area contributed by atoms with E-state index in [1.165, 1.54) is 7.11 Å². The van der Waals surface area contributed by atoms with E-state index in [0.29, 0.717) is 12.8 Å². The van der Waals surface area contributed by atoms with Gasteiger partial charge in [0.1, 0.15) is 0 Å². The van der Waals surface area contributed by atoms with Crippen LogP contribution < -0.4 is 0 Å². The predicted molar refractivity (Wildman–Crippen MR) is 68.7 cm³/mol. The van der Waals surface area contributed by atoms with Crippen LogP contribution in [-0.4, -0.2) is 73.5 Å². The van der Waals surface area contributed by atoms with Crippen molar-refractivity contribution in [3.63, 3.8) is 0 Å². The third-order valence-corrected chi connectivity index (χ3v) is 4.11. The molecule has 23 heavy (non-hydrogen) atoms. The zero-order chi connectivity index (χ0) is 17.3. The number of methoxy groups -OCH3 is 1. The summed E-state index contributed by atoms with van der Waals surface area (Å²) in [6.45, 7) is -0.0462. The number of hydroxylamine groups is 2. The van der Waals surface area contributed by atoms with E-state index in [9.17, 15) is 26.7 Å². The molecule has 0 saturated carbocycles. The second-order valence-corrected chi connectivity index (χ2v) is 5.88. The lowest BCUT2D eigenvalue weighted by atomic mass is 10.0. The number of carbonyl (C=O) groups excluding carboxylic acids is 1. The van der Waals surface area contributed by atoms with Crippen molar-refractivity contribution in [3.8, 4) is 0 Å². The van der Waals surface area contributed by atoms with Crippen LogP contribution in [0.3, 0.4) is 0 Å². The number of piperidine rings is 1.